The molecule has 1 aliphatic heterocycles. The minimum Gasteiger partial charge on any atom is -0.497 e. The molecule has 4 aromatic carbocycles. The van der Waals surface area contributed by atoms with E-state index in [-0.39, 0.29) is 5.82 Å². The van der Waals surface area contributed by atoms with Gasteiger partial charge in [0.15, 0.2) is 5.60 Å². The van der Waals surface area contributed by atoms with Gasteiger partial charge in [-0.3, -0.25) is 0 Å². The Kier molecular flexibility index (Phi) is 4.63. The van der Waals surface area contributed by atoms with Gasteiger partial charge in [-0.2, -0.15) is 0 Å². The van der Waals surface area contributed by atoms with Crippen LogP contribution in [0.15, 0.2) is 84.9 Å². The van der Waals surface area contributed by atoms with Crippen LogP contribution in [-0.2, 0) is 5.60 Å². The molecule has 154 valence electrons. The number of fused-ring (bicyclic) bond motifs is 3. The molecule has 5 rings (SSSR count). The molecule has 0 aromatic heterocycles. The lowest BCUT2D eigenvalue weighted by molar-refractivity contribution is 0.156. The quantitative estimate of drug-likeness (QED) is 0.391. The van der Waals surface area contributed by atoms with Crippen LogP contribution in [0, 0.1) is 5.82 Å². The predicted octanol–water partition coefficient (Wildman–Crippen LogP) is 6.35. The third-order valence-electron chi connectivity index (χ3n) is 5.78. The summed E-state index contributed by atoms with van der Waals surface area (Å²) in [7, 11) is 3.27. The third kappa shape index (κ3) is 3.12. The second-order valence-corrected chi connectivity index (χ2v) is 7.44. The van der Waals surface area contributed by atoms with Gasteiger partial charge in [-0.15, -0.1) is 0 Å². The minimum atomic E-state index is -1.09. The number of hydrogen-bond donors (Lipinski definition) is 0. The Morgan fingerprint density at radius 3 is 2.29 bits per heavy atom. The molecule has 0 saturated carbocycles. The number of ether oxygens (including phenoxy) is 3. The van der Waals surface area contributed by atoms with Gasteiger partial charge < -0.3 is 14.2 Å². The van der Waals surface area contributed by atoms with E-state index in [4.69, 9.17) is 14.2 Å². The Morgan fingerprint density at radius 2 is 1.55 bits per heavy atom. The van der Waals surface area contributed by atoms with Gasteiger partial charge in [0, 0.05) is 16.7 Å². The fraction of sp³-hybridized carbons (Fsp3) is 0.111. The van der Waals surface area contributed by atoms with Gasteiger partial charge in [0.05, 0.1) is 14.2 Å². The molecule has 4 heteroatoms. The Labute approximate surface area is 180 Å². The zero-order chi connectivity index (χ0) is 21.4. The zero-order valence-corrected chi connectivity index (χ0v) is 17.3. The van der Waals surface area contributed by atoms with Crippen molar-refractivity contribution in [2.75, 3.05) is 14.2 Å². The summed E-state index contributed by atoms with van der Waals surface area (Å²) in [6.45, 7) is 0. The van der Waals surface area contributed by atoms with Crippen molar-refractivity contribution in [3.63, 3.8) is 0 Å². The molecule has 0 fully saturated rings. The van der Waals surface area contributed by atoms with Gasteiger partial charge in [-0.05, 0) is 65.4 Å². The van der Waals surface area contributed by atoms with E-state index in [2.05, 4.69) is 0 Å². The molecule has 31 heavy (non-hydrogen) atoms. The third-order valence-corrected chi connectivity index (χ3v) is 5.78. The molecular formula is C27H21FO3. The lowest BCUT2D eigenvalue weighted by atomic mass is 9.83. The molecular weight excluding hydrogens is 391 g/mol. The number of hydrogen-bond acceptors (Lipinski definition) is 3. The molecule has 1 aliphatic rings. The van der Waals surface area contributed by atoms with Crippen LogP contribution in [0.1, 0.15) is 16.7 Å². The molecule has 0 aliphatic carbocycles. The molecule has 0 radical (unpaired) electrons. The highest BCUT2D eigenvalue weighted by atomic mass is 19.1. The molecule has 1 heterocycles. The van der Waals surface area contributed by atoms with Crippen LogP contribution in [0.4, 0.5) is 4.39 Å². The first kappa shape index (κ1) is 19.2. The maximum absolute atomic E-state index is 15.0. The topological polar surface area (TPSA) is 27.7 Å². The maximum Gasteiger partial charge on any atom is 0.180 e. The first-order chi connectivity index (χ1) is 15.1. The van der Waals surface area contributed by atoms with Crippen molar-refractivity contribution in [2.45, 2.75) is 5.60 Å². The first-order valence-corrected chi connectivity index (χ1v) is 10.0. The molecule has 1 atom stereocenters. The highest BCUT2D eigenvalue weighted by Gasteiger charge is 2.39. The SMILES string of the molecule is COc1ccc(C2(c3ccccc3F)C=Cc3c(ccc4cc(OC)ccc34)O2)cc1. The average Bonchev–Trinajstić information content (AvgIpc) is 2.83. The van der Waals surface area contributed by atoms with Crippen molar-refractivity contribution in [3.8, 4) is 17.2 Å². The lowest BCUT2D eigenvalue weighted by Crippen LogP contribution is -2.35. The number of benzene rings is 4. The van der Waals surface area contributed by atoms with Crippen molar-refractivity contribution in [1.29, 1.82) is 0 Å². The fourth-order valence-electron chi connectivity index (χ4n) is 4.16. The molecule has 1 unspecified atom stereocenters. The molecule has 0 amide bonds. The Morgan fingerprint density at radius 1 is 0.806 bits per heavy atom. The van der Waals surface area contributed by atoms with Gasteiger partial charge in [-0.25, -0.2) is 4.39 Å². The number of halogens is 1. The monoisotopic (exact) mass is 412 g/mol. The van der Waals surface area contributed by atoms with Crippen LogP contribution in [-0.4, -0.2) is 14.2 Å². The molecule has 4 aromatic rings. The average molecular weight is 412 g/mol. The molecule has 0 spiro atoms. The van der Waals surface area contributed by atoms with Gasteiger partial charge in [-0.1, -0.05) is 36.4 Å². The van der Waals surface area contributed by atoms with Gasteiger partial charge in [0.1, 0.15) is 23.1 Å². The predicted molar refractivity (Wildman–Crippen MR) is 120 cm³/mol. The zero-order valence-electron chi connectivity index (χ0n) is 17.3. The van der Waals surface area contributed by atoms with Gasteiger partial charge >= 0.3 is 0 Å². The lowest BCUT2D eigenvalue weighted by Gasteiger charge is -2.36. The molecule has 3 nitrogen and oxygen atoms in total. The van der Waals surface area contributed by atoms with Gasteiger partial charge in [0.2, 0.25) is 0 Å². The standard InChI is InChI=1S/C27H21FO3/c1-29-20-10-8-19(9-11-20)27(24-5-3-4-6-25(24)28)16-15-23-22-13-12-21(30-2)17-18(22)7-14-26(23)31-27/h3-17H,1-2H3. The smallest absolute Gasteiger partial charge is 0.180 e. The highest BCUT2D eigenvalue weighted by molar-refractivity contribution is 5.94. The summed E-state index contributed by atoms with van der Waals surface area (Å²) >= 11 is 0. The van der Waals surface area contributed by atoms with Crippen molar-refractivity contribution in [3.05, 3.63) is 107 Å². The number of rotatable bonds is 4. The van der Waals surface area contributed by atoms with Crippen molar-refractivity contribution in [2.24, 2.45) is 0 Å². The van der Waals surface area contributed by atoms with Crippen LogP contribution in [0.5, 0.6) is 17.2 Å². The Hall–Kier alpha value is -3.79. The van der Waals surface area contributed by atoms with Crippen LogP contribution in [0.3, 0.4) is 0 Å². The summed E-state index contributed by atoms with van der Waals surface area (Å²) in [5.41, 5.74) is 1.14. The van der Waals surface area contributed by atoms with Crippen LogP contribution >= 0.6 is 0 Å². The van der Waals surface area contributed by atoms with E-state index < -0.39 is 5.60 Å². The number of methoxy groups -OCH3 is 2. The first-order valence-electron chi connectivity index (χ1n) is 10.0. The van der Waals surface area contributed by atoms with Crippen LogP contribution < -0.4 is 14.2 Å². The summed E-state index contributed by atoms with van der Waals surface area (Å²) in [5.74, 6) is 1.90. The van der Waals surface area contributed by atoms with Crippen molar-refractivity contribution < 1.29 is 18.6 Å². The highest BCUT2D eigenvalue weighted by Crippen LogP contribution is 2.45. The largest absolute Gasteiger partial charge is 0.497 e. The second kappa shape index (κ2) is 7.47. The summed E-state index contributed by atoms with van der Waals surface area (Å²) in [5, 5.41) is 2.10. The normalized spacial score (nSPS) is 17.1. The maximum atomic E-state index is 15.0. The Bertz CT molecular complexity index is 1290. The van der Waals surface area contributed by atoms with E-state index in [1.54, 1.807) is 26.4 Å². The van der Waals surface area contributed by atoms with E-state index in [0.717, 1.165) is 33.4 Å². The van der Waals surface area contributed by atoms with E-state index in [1.807, 2.05) is 72.8 Å². The fourth-order valence-corrected chi connectivity index (χ4v) is 4.16. The second-order valence-electron chi connectivity index (χ2n) is 7.44. The van der Waals surface area contributed by atoms with Gasteiger partial charge in [0.25, 0.3) is 0 Å². The van der Waals surface area contributed by atoms with E-state index in [1.165, 1.54) is 6.07 Å². The molecule has 0 N–H and O–H groups in total. The Balaban J connectivity index is 1.71. The van der Waals surface area contributed by atoms with Crippen molar-refractivity contribution in [1.82, 2.24) is 0 Å². The molecule has 0 saturated heterocycles. The van der Waals surface area contributed by atoms with Crippen LogP contribution in [0.2, 0.25) is 0 Å². The summed E-state index contributed by atoms with van der Waals surface area (Å²) in [4.78, 5) is 0. The summed E-state index contributed by atoms with van der Waals surface area (Å²) in [6, 6.07) is 24.1. The minimum absolute atomic E-state index is 0.322. The van der Waals surface area contributed by atoms with E-state index in [9.17, 15) is 0 Å². The van der Waals surface area contributed by atoms with E-state index in [0.29, 0.717) is 11.3 Å². The summed E-state index contributed by atoms with van der Waals surface area (Å²) in [6.07, 6.45) is 3.95. The molecule has 0 bridgehead atoms. The van der Waals surface area contributed by atoms with Crippen LogP contribution in [0.25, 0.3) is 16.8 Å². The summed E-state index contributed by atoms with van der Waals surface area (Å²) < 4.78 is 32.3. The van der Waals surface area contributed by atoms with E-state index >= 15 is 4.39 Å². The van der Waals surface area contributed by atoms with Crippen molar-refractivity contribution >= 4 is 16.8 Å².